The Bertz CT molecular complexity index is 689. The number of hydrogen-bond acceptors (Lipinski definition) is 11. The Kier molecular flexibility index (Phi) is 7.79. The second kappa shape index (κ2) is 9.96. The molecule has 1 aromatic rings. The van der Waals surface area contributed by atoms with Crippen molar-refractivity contribution in [1.82, 2.24) is 5.32 Å². The van der Waals surface area contributed by atoms with Crippen LogP contribution in [0.1, 0.15) is 16.1 Å². The van der Waals surface area contributed by atoms with Crippen molar-refractivity contribution in [3.8, 4) is 0 Å². The van der Waals surface area contributed by atoms with Crippen LogP contribution in [0.3, 0.4) is 0 Å². The summed E-state index contributed by atoms with van der Waals surface area (Å²) in [6.07, 6.45) is -11.3. The van der Waals surface area contributed by atoms with E-state index in [1.807, 2.05) is 0 Å². The second-order valence-electron chi connectivity index (χ2n) is 7.51. The van der Waals surface area contributed by atoms with Crippen molar-refractivity contribution >= 4 is 17.2 Å². The van der Waals surface area contributed by atoms with Crippen molar-refractivity contribution in [2.75, 3.05) is 13.2 Å². The predicted octanol–water partition coefficient (Wildman–Crippen LogP) is -3.23. The molecule has 30 heavy (non-hydrogen) atoms. The Morgan fingerprint density at radius 3 is 2.40 bits per heavy atom. The molecule has 10 atom stereocenters. The third-order valence-electron chi connectivity index (χ3n) is 5.57. The summed E-state index contributed by atoms with van der Waals surface area (Å²) in [4.78, 5) is 12.8. The van der Waals surface area contributed by atoms with E-state index in [0.717, 1.165) is 11.3 Å². The first kappa shape index (κ1) is 23.5. The van der Waals surface area contributed by atoms with E-state index >= 15 is 0 Å². The van der Waals surface area contributed by atoms with Gasteiger partial charge in [0.15, 0.2) is 6.29 Å². The SMILES string of the molecule is O=C(N[C@H]1[C@@H](OC2C[C@H](CO)[C@@H](O)[C@@H](O)[C@H]2O)O[C@H](CO)[C@@H](O)[C@@H]1O)c1cccs1. The van der Waals surface area contributed by atoms with Crippen LogP contribution in [-0.4, -0.2) is 110 Å². The van der Waals surface area contributed by atoms with Crippen LogP contribution in [0.15, 0.2) is 17.5 Å². The summed E-state index contributed by atoms with van der Waals surface area (Å²) in [7, 11) is 0. The Hall–Kier alpha value is -1.19. The molecule has 8 N–H and O–H groups in total. The molecular formula is C18H27NO10S. The number of rotatable bonds is 6. The molecule has 1 aromatic heterocycles. The molecule has 0 aromatic carbocycles. The zero-order valence-corrected chi connectivity index (χ0v) is 16.7. The fraction of sp³-hybridized carbons (Fsp3) is 0.722. The molecule has 1 amide bonds. The Balaban J connectivity index is 1.79. The van der Waals surface area contributed by atoms with E-state index in [0.29, 0.717) is 4.88 Å². The monoisotopic (exact) mass is 449 g/mol. The van der Waals surface area contributed by atoms with Gasteiger partial charge in [0.05, 0.1) is 23.7 Å². The summed E-state index contributed by atoms with van der Waals surface area (Å²) in [5, 5.41) is 74.1. The highest BCUT2D eigenvalue weighted by Gasteiger charge is 2.49. The van der Waals surface area contributed by atoms with E-state index in [2.05, 4.69) is 5.32 Å². The van der Waals surface area contributed by atoms with Crippen LogP contribution >= 0.6 is 11.3 Å². The lowest BCUT2D eigenvalue weighted by atomic mass is 9.81. The lowest BCUT2D eigenvalue weighted by molar-refractivity contribution is -0.301. The maximum atomic E-state index is 12.5. The molecule has 11 nitrogen and oxygen atoms in total. The van der Waals surface area contributed by atoms with E-state index in [9.17, 15) is 40.5 Å². The van der Waals surface area contributed by atoms with Crippen LogP contribution in [-0.2, 0) is 9.47 Å². The predicted molar refractivity (Wildman–Crippen MR) is 101 cm³/mol. The smallest absolute Gasteiger partial charge is 0.261 e. The van der Waals surface area contributed by atoms with Crippen LogP contribution in [0.4, 0.5) is 0 Å². The van der Waals surface area contributed by atoms with Gasteiger partial charge >= 0.3 is 0 Å². The molecule has 1 aliphatic heterocycles. The summed E-state index contributed by atoms with van der Waals surface area (Å²) in [6, 6.07) is 1.96. The zero-order chi connectivity index (χ0) is 22.0. The van der Waals surface area contributed by atoms with E-state index in [4.69, 9.17) is 9.47 Å². The van der Waals surface area contributed by atoms with E-state index < -0.39 is 80.1 Å². The Morgan fingerprint density at radius 1 is 1.07 bits per heavy atom. The fourth-order valence-electron chi connectivity index (χ4n) is 3.75. The molecule has 0 radical (unpaired) electrons. The zero-order valence-electron chi connectivity index (χ0n) is 15.9. The maximum absolute atomic E-state index is 12.5. The third-order valence-corrected chi connectivity index (χ3v) is 6.43. The van der Waals surface area contributed by atoms with E-state index in [1.54, 1.807) is 17.5 Å². The van der Waals surface area contributed by atoms with Crippen molar-refractivity contribution < 1.29 is 50.0 Å². The molecule has 3 rings (SSSR count). The summed E-state index contributed by atoms with van der Waals surface area (Å²) in [5.74, 6) is -1.32. The summed E-state index contributed by atoms with van der Waals surface area (Å²) in [5.41, 5.74) is 0. The number of nitrogens with one attached hydrogen (secondary N) is 1. The number of hydrogen-bond donors (Lipinski definition) is 8. The maximum Gasteiger partial charge on any atom is 0.261 e. The van der Waals surface area contributed by atoms with Crippen molar-refractivity contribution in [2.24, 2.45) is 5.92 Å². The molecule has 12 heteroatoms. The van der Waals surface area contributed by atoms with Gasteiger partial charge in [-0.25, -0.2) is 0 Å². The first-order chi connectivity index (χ1) is 14.3. The van der Waals surface area contributed by atoms with Crippen LogP contribution in [0.2, 0.25) is 0 Å². The molecule has 1 aliphatic carbocycles. The number of carbonyl (C=O) groups is 1. The van der Waals surface area contributed by atoms with Gasteiger partial charge in [-0.3, -0.25) is 4.79 Å². The number of aliphatic hydroxyl groups excluding tert-OH is 7. The topological polar surface area (TPSA) is 189 Å². The molecule has 1 unspecified atom stereocenters. The minimum absolute atomic E-state index is 0.0379. The lowest BCUT2D eigenvalue weighted by Crippen LogP contribution is -2.66. The van der Waals surface area contributed by atoms with Crippen LogP contribution in [0.25, 0.3) is 0 Å². The molecule has 1 saturated heterocycles. The minimum Gasteiger partial charge on any atom is -0.396 e. The number of thiophene rings is 1. The Morgan fingerprint density at radius 2 is 1.80 bits per heavy atom. The van der Waals surface area contributed by atoms with Crippen molar-refractivity contribution in [3.63, 3.8) is 0 Å². The van der Waals surface area contributed by atoms with Gasteiger partial charge in [-0.1, -0.05) is 6.07 Å². The standard InChI is InChI=1S/C18H27NO10S/c20-5-7-4-8(13(23)16(26)12(7)22)28-18-11(15(25)14(24)9(6-21)29-18)19-17(27)10-2-1-3-30-10/h1-3,7-9,11-16,18,20-26H,4-6H2,(H,19,27)/t7-,8?,9-,11-,12-,13+,14-,15-,16-,18+/m1/s1. The first-order valence-electron chi connectivity index (χ1n) is 9.55. The highest BCUT2D eigenvalue weighted by Crippen LogP contribution is 2.31. The summed E-state index contributed by atoms with van der Waals surface area (Å²) >= 11 is 1.16. The van der Waals surface area contributed by atoms with Gasteiger partial charge in [0.2, 0.25) is 0 Å². The average molecular weight is 449 g/mol. The number of carbonyl (C=O) groups excluding carboxylic acids is 1. The van der Waals surface area contributed by atoms with Crippen LogP contribution in [0, 0.1) is 5.92 Å². The third kappa shape index (κ3) is 4.67. The molecule has 0 bridgehead atoms. The molecule has 170 valence electrons. The quantitative estimate of drug-likeness (QED) is 0.219. The number of amides is 1. The highest BCUT2D eigenvalue weighted by molar-refractivity contribution is 7.12. The van der Waals surface area contributed by atoms with E-state index in [-0.39, 0.29) is 6.42 Å². The van der Waals surface area contributed by atoms with Gasteiger partial charge in [-0.15, -0.1) is 11.3 Å². The number of aliphatic hydroxyl groups is 7. The molecule has 2 fully saturated rings. The molecular weight excluding hydrogens is 422 g/mol. The fourth-order valence-corrected chi connectivity index (χ4v) is 4.38. The summed E-state index contributed by atoms with van der Waals surface area (Å²) < 4.78 is 11.2. The first-order valence-corrected chi connectivity index (χ1v) is 10.4. The molecule has 1 saturated carbocycles. The van der Waals surface area contributed by atoms with Crippen LogP contribution in [0.5, 0.6) is 0 Å². The normalized spacial score (nSPS) is 42.1. The van der Waals surface area contributed by atoms with Gasteiger partial charge in [-0.05, 0) is 17.9 Å². The largest absolute Gasteiger partial charge is 0.396 e. The second-order valence-corrected chi connectivity index (χ2v) is 8.46. The highest BCUT2D eigenvalue weighted by atomic mass is 32.1. The lowest BCUT2D eigenvalue weighted by Gasteiger charge is -2.46. The van der Waals surface area contributed by atoms with Gasteiger partial charge in [0, 0.05) is 12.5 Å². The van der Waals surface area contributed by atoms with Gasteiger partial charge < -0.3 is 50.5 Å². The van der Waals surface area contributed by atoms with Crippen LogP contribution < -0.4 is 5.32 Å². The van der Waals surface area contributed by atoms with Gasteiger partial charge in [0.1, 0.15) is 36.6 Å². The minimum atomic E-state index is -1.59. The van der Waals surface area contributed by atoms with Gasteiger partial charge in [-0.2, -0.15) is 0 Å². The summed E-state index contributed by atoms with van der Waals surface area (Å²) in [6.45, 7) is -1.10. The van der Waals surface area contributed by atoms with Crippen molar-refractivity contribution in [1.29, 1.82) is 0 Å². The van der Waals surface area contributed by atoms with Crippen molar-refractivity contribution in [2.45, 2.75) is 61.5 Å². The van der Waals surface area contributed by atoms with Crippen molar-refractivity contribution in [3.05, 3.63) is 22.4 Å². The molecule has 0 spiro atoms. The number of ether oxygens (including phenoxy) is 2. The molecule has 2 heterocycles. The average Bonchev–Trinajstić information content (AvgIpc) is 3.28. The Labute approximate surface area is 176 Å². The van der Waals surface area contributed by atoms with Gasteiger partial charge in [0.25, 0.3) is 5.91 Å². The van der Waals surface area contributed by atoms with E-state index in [1.165, 1.54) is 0 Å². The molecule has 2 aliphatic rings.